The number of rotatable bonds is 8. The van der Waals surface area contributed by atoms with Crippen LogP contribution in [0.5, 0.6) is 11.5 Å². The summed E-state index contributed by atoms with van der Waals surface area (Å²) in [7, 11) is 1.58. The highest BCUT2D eigenvalue weighted by Gasteiger charge is 2.46. The zero-order valence-electron chi connectivity index (χ0n) is 22.0. The van der Waals surface area contributed by atoms with Gasteiger partial charge in [-0.3, -0.25) is 9.59 Å². The lowest BCUT2D eigenvalue weighted by atomic mass is 9.93. The molecule has 1 amide bonds. The second-order valence-electron chi connectivity index (χ2n) is 9.49. The molecule has 2 heterocycles. The molecule has 7 heteroatoms. The largest absolute Gasteiger partial charge is 0.507 e. The Morgan fingerprint density at radius 2 is 1.69 bits per heavy atom. The molecule has 1 aliphatic rings. The SMILES string of the molecule is COc1cc(C)c(/C(O)=C2\C(=O)C(=O)N(Cc3ccco3)C2c2ccc(OCc3ccccc3)cc2)cc1C. The number of benzene rings is 3. The summed E-state index contributed by atoms with van der Waals surface area (Å²) < 4.78 is 16.8. The van der Waals surface area contributed by atoms with E-state index in [1.54, 1.807) is 43.5 Å². The van der Waals surface area contributed by atoms with E-state index < -0.39 is 17.7 Å². The van der Waals surface area contributed by atoms with Crippen molar-refractivity contribution in [1.82, 2.24) is 4.90 Å². The van der Waals surface area contributed by atoms with Crippen molar-refractivity contribution in [2.24, 2.45) is 0 Å². The first kappa shape index (κ1) is 25.9. The molecule has 0 radical (unpaired) electrons. The smallest absolute Gasteiger partial charge is 0.296 e. The minimum Gasteiger partial charge on any atom is -0.507 e. The number of aryl methyl sites for hydroxylation is 2. The Morgan fingerprint density at radius 3 is 2.36 bits per heavy atom. The Hall–Kier alpha value is -4.78. The summed E-state index contributed by atoms with van der Waals surface area (Å²) >= 11 is 0. The summed E-state index contributed by atoms with van der Waals surface area (Å²) in [6, 6.07) is 23.3. The number of carbonyl (C=O) groups excluding carboxylic acids is 2. The van der Waals surface area contributed by atoms with Crippen LogP contribution in [0.15, 0.2) is 95.1 Å². The van der Waals surface area contributed by atoms with Crippen molar-refractivity contribution in [3.8, 4) is 11.5 Å². The van der Waals surface area contributed by atoms with Crippen LogP contribution in [0.4, 0.5) is 0 Å². The molecule has 1 N–H and O–H groups in total. The van der Waals surface area contributed by atoms with Crippen LogP contribution < -0.4 is 9.47 Å². The average molecular weight is 524 g/mol. The number of nitrogens with zero attached hydrogens (tertiary/aromatic N) is 1. The fraction of sp³-hybridized carbons (Fsp3) is 0.188. The van der Waals surface area contributed by atoms with Gasteiger partial charge in [-0.05, 0) is 72.5 Å². The number of amides is 1. The third kappa shape index (κ3) is 5.16. The van der Waals surface area contributed by atoms with Gasteiger partial charge < -0.3 is 23.9 Å². The molecule has 198 valence electrons. The van der Waals surface area contributed by atoms with Gasteiger partial charge in [0.2, 0.25) is 0 Å². The van der Waals surface area contributed by atoms with Gasteiger partial charge in [0.05, 0.1) is 31.5 Å². The maximum Gasteiger partial charge on any atom is 0.296 e. The van der Waals surface area contributed by atoms with Gasteiger partial charge in [-0.1, -0.05) is 42.5 Å². The van der Waals surface area contributed by atoms with Crippen molar-refractivity contribution < 1.29 is 28.6 Å². The Balaban J connectivity index is 1.54. The second-order valence-corrected chi connectivity index (χ2v) is 9.49. The molecule has 0 spiro atoms. The van der Waals surface area contributed by atoms with E-state index in [9.17, 15) is 14.7 Å². The number of methoxy groups -OCH3 is 1. The van der Waals surface area contributed by atoms with Gasteiger partial charge in [-0.15, -0.1) is 0 Å². The minimum atomic E-state index is -0.819. The molecule has 1 fully saturated rings. The van der Waals surface area contributed by atoms with E-state index in [2.05, 4.69) is 0 Å². The zero-order valence-corrected chi connectivity index (χ0v) is 22.0. The molecule has 1 saturated heterocycles. The van der Waals surface area contributed by atoms with Crippen LogP contribution in [-0.2, 0) is 22.7 Å². The van der Waals surface area contributed by atoms with E-state index in [4.69, 9.17) is 13.9 Å². The minimum absolute atomic E-state index is 0.0252. The standard InChI is InChI=1S/C32H29NO6/c1-20-17-27(37-3)21(2)16-26(20)30(34)28-29(33(32(36)31(28)35)18-25-10-7-15-38-25)23-11-13-24(14-12-23)39-19-22-8-5-4-6-9-22/h4-17,29,34H,18-19H2,1-3H3/b30-28+. The number of ketones is 1. The molecule has 0 aliphatic carbocycles. The molecule has 39 heavy (non-hydrogen) atoms. The van der Waals surface area contributed by atoms with E-state index in [1.807, 2.05) is 56.3 Å². The van der Waals surface area contributed by atoms with Crippen LogP contribution in [-0.4, -0.2) is 28.8 Å². The summed E-state index contributed by atoms with van der Waals surface area (Å²) in [4.78, 5) is 28.1. The maximum absolute atomic E-state index is 13.4. The van der Waals surface area contributed by atoms with Crippen LogP contribution in [0.1, 0.15) is 39.6 Å². The third-order valence-electron chi connectivity index (χ3n) is 6.89. The number of aliphatic hydroxyl groups is 1. The molecular weight excluding hydrogens is 494 g/mol. The molecule has 4 aromatic rings. The van der Waals surface area contributed by atoms with Gasteiger partial charge in [-0.2, -0.15) is 0 Å². The first-order chi connectivity index (χ1) is 18.9. The van der Waals surface area contributed by atoms with E-state index in [-0.39, 0.29) is 17.9 Å². The van der Waals surface area contributed by atoms with Crippen molar-refractivity contribution in [1.29, 1.82) is 0 Å². The van der Waals surface area contributed by atoms with Gasteiger partial charge in [0.25, 0.3) is 11.7 Å². The molecule has 3 aromatic carbocycles. The Bertz CT molecular complexity index is 1520. The molecule has 1 aliphatic heterocycles. The maximum atomic E-state index is 13.4. The third-order valence-corrected chi connectivity index (χ3v) is 6.89. The highest BCUT2D eigenvalue weighted by Crippen LogP contribution is 2.41. The number of Topliss-reactive ketones (excluding diaryl/α,β-unsaturated/α-hetero) is 1. The highest BCUT2D eigenvalue weighted by molar-refractivity contribution is 6.46. The second kappa shape index (κ2) is 10.9. The van der Waals surface area contributed by atoms with E-state index >= 15 is 0 Å². The number of aliphatic hydroxyl groups excluding tert-OH is 1. The molecule has 1 aromatic heterocycles. The van der Waals surface area contributed by atoms with Crippen molar-refractivity contribution in [2.75, 3.05) is 7.11 Å². The van der Waals surface area contributed by atoms with Crippen LogP contribution in [0.3, 0.4) is 0 Å². The predicted molar refractivity (Wildman–Crippen MR) is 146 cm³/mol. The summed E-state index contributed by atoms with van der Waals surface area (Å²) in [6.07, 6.45) is 1.52. The van der Waals surface area contributed by atoms with Gasteiger partial charge in [0.1, 0.15) is 29.6 Å². The molecule has 5 rings (SSSR count). The quantitative estimate of drug-likeness (QED) is 0.170. The number of ether oxygens (including phenoxy) is 2. The van der Waals surface area contributed by atoms with Gasteiger partial charge >= 0.3 is 0 Å². The Morgan fingerprint density at radius 1 is 0.949 bits per heavy atom. The predicted octanol–water partition coefficient (Wildman–Crippen LogP) is 6.11. The highest BCUT2D eigenvalue weighted by atomic mass is 16.5. The number of hydrogen-bond donors (Lipinski definition) is 1. The van der Waals surface area contributed by atoms with E-state index in [0.29, 0.717) is 35.0 Å². The van der Waals surface area contributed by atoms with E-state index in [0.717, 1.165) is 16.7 Å². The van der Waals surface area contributed by atoms with Crippen LogP contribution >= 0.6 is 0 Å². The average Bonchev–Trinajstić information content (AvgIpc) is 3.56. The Labute approximate surface area is 226 Å². The zero-order chi connectivity index (χ0) is 27.5. The summed E-state index contributed by atoms with van der Waals surface area (Å²) in [5, 5.41) is 11.5. The van der Waals surface area contributed by atoms with Gasteiger partial charge in [0, 0.05) is 5.56 Å². The first-order valence-electron chi connectivity index (χ1n) is 12.6. The topological polar surface area (TPSA) is 89.2 Å². The van der Waals surface area contributed by atoms with Crippen molar-refractivity contribution in [2.45, 2.75) is 33.0 Å². The van der Waals surface area contributed by atoms with Crippen LogP contribution in [0.2, 0.25) is 0 Å². The van der Waals surface area contributed by atoms with E-state index in [1.165, 1.54) is 11.2 Å². The number of hydrogen-bond acceptors (Lipinski definition) is 6. The monoisotopic (exact) mass is 523 g/mol. The number of carbonyl (C=O) groups is 2. The normalized spacial score (nSPS) is 16.5. The summed E-state index contributed by atoms with van der Waals surface area (Å²) in [6.45, 7) is 4.17. The van der Waals surface area contributed by atoms with Crippen molar-refractivity contribution in [3.63, 3.8) is 0 Å². The summed E-state index contributed by atoms with van der Waals surface area (Å²) in [5.41, 5.74) is 3.71. The number of furan rings is 1. The molecule has 1 atom stereocenters. The Kier molecular flexibility index (Phi) is 7.23. The van der Waals surface area contributed by atoms with Crippen LogP contribution in [0, 0.1) is 13.8 Å². The lowest BCUT2D eigenvalue weighted by Crippen LogP contribution is -2.29. The lowest BCUT2D eigenvalue weighted by molar-refractivity contribution is -0.140. The lowest BCUT2D eigenvalue weighted by Gasteiger charge is -2.25. The first-order valence-corrected chi connectivity index (χ1v) is 12.6. The summed E-state index contributed by atoms with van der Waals surface area (Å²) in [5.74, 6) is 0.165. The molecule has 0 bridgehead atoms. The van der Waals surface area contributed by atoms with Gasteiger partial charge in [0.15, 0.2) is 0 Å². The number of likely N-dealkylation sites (tertiary alicyclic amines) is 1. The molecule has 0 saturated carbocycles. The fourth-order valence-electron chi connectivity index (χ4n) is 4.86. The van der Waals surface area contributed by atoms with Crippen molar-refractivity contribution in [3.05, 3.63) is 124 Å². The fourth-order valence-corrected chi connectivity index (χ4v) is 4.86. The van der Waals surface area contributed by atoms with Crippen molar-refractivity contribution >= 4 is 17.4 Å². The molecule has 1 unspecified atom stereocenters. The molecular formula is C32H29NO6. The van der Waals surface area contributed by atoms with Gasteiger partial charge in [-0.25, -0.2) is 0 Å². The molecule has 7 nitrogen and oxygen atoms in total. The van der Waals surface area contributed by atoms with Crippen LogP contribution in [0.25, 0.3) is 5.76 Å².